The first kappa shape index (κ1) is 10.7. The molecule has 0 aliphatic heterocycles. The largest absolute Gasteiger partial charge is 0.391 e. The molecule has 3 N–H and O–H groups in total. The second-order valence-electron chi connectivity index (χ2n) is 4.93. The third-order valence-electron chi connectivity index (χ3n) is 3.31. The Morgan fingerprint density at radius 1 is 1.47 bits per heavy atom. The number of hydrogen-bond acceptors (Lipinski definition) is 4. The maximum Gasteiger partial charge on any atom is 0.291 e. The predicted octanol–water partition coefficient (Wildman–Crippen LogP) is 0.183. The minimum absolute atomic E-state index is 0.176. The summed E-state index contributed by atoms with van der Waals surface area (Å²) in [7, 11) is 0. The zero-order chi connectivity index (χ0) is 11.8. The van der Waals surface area contributed by atoms with Crippen LogP contribution in [0.5, 0.6) is 0 Å². The summed E-state index contributed by atoms with van der Waals surface area (Å²) < 4.78 is 0. The number of nitrogens with zero attached hydrogens (tertiary/aromatic N) is 2. The third kappa shape index (κ3) is 2.46. The van der Waals surface area contributed by atoms with Crippen LogP contribution in [0.1, 0.15) is 48.0 Å². The van der Waals surface area contributed by atoms with E-state index in [1.54, 1.807) is 0 Å². The molecule has 92 valence electrons. The molecule has 0 aromatic carbocycles. The lowest BCUT2D eigenvalue weighted by Crippen LogP contribution is -2.33. The molecule has 0 saturated heterocycles. The Balaban J connectivity index is 1.53. The van der Waals surface area contributed by atoms with E-state index in [0.717, 1.165) is 31.5 Å². The molecule has 2 aliphatic rings. The van der Waals surface area contributed by atoms with Crippen LogP contribution in [0.4, 0.5) is 0 Å². The number of aliphatic hydroxyl groups excluding tert-OH is 1. The van der Waals surface area contributed by atoms with Gasteiger partial charge in [0.1, 0.15) is 5.82 Å². The molecule has 2 fully saturated rings. The molecular formula is C11H16N4O2. The standard InChI is InChI=1S/C11H16N4O2/c16-8(6-1-2-6)5-12-11(17)10-13-9(14-15-10)7-3-4-7/h6-8,16H,1-5H2,(H,12,17)(H,13,14,15). The van der Waals surface area contributed by atoms with Crippen molar-refractivity contribution in [3.05, 3.63) is 11.6 Å². The number of H-pyrrole nitrogens is 1. The first-order chi connectivity index (χ1) is 8.24. The number of aliphatic hydroxyl groups is 1. The lowest BCUT2D eigenvalue weighted by molar-refractivity contribution is 0.0891. The van der Waals surface area contributed by atoms with Crippen molar-refractivity contribution in [1.82, 2.24) is 20.5 Å². The SMILES string of the molecule is O=C(NCC(O)C1CC1)c1n[nH]c(C2CC2)n1. The van der Waals surface area contributed by atoms with Gasteiger partial charge < -0.3 is 10.4 Å². The maximum absolute atomic E-state index is 11.7. The van der Waals surface area contributed by atoms with Gasteiger partial charge in [-0.3, -0.25) is 9.89 Å². The molecule has 6 heteroatoms. The molecule has 1 amide bonds. The Hall–Kier alpha value is -1.43. The van der Waals surface area contributed by atoms with Gasteiger partial charge in [0.2, 0.25) is 5.82 Å². The molecule has 0 spiro atoms. The van der Waals surface area contributed by atoms with Crippen molar-refractivity contribution in [2.75, 3.05) is 6.54 Å². The Kier molecular flexibility index (Phi) is 2.58. The minimum Gasteiger partial charge on any atom is -0.391 e. The van der Waals surface area contributed by atoms with Crippen molar-refractivity contribution in [2.45, 2.75) is 37.7 Å². The average molecular weight is 236 g/mol. The summed E-state index contributed by atoms with van der Waals surface area (Å²) in [5.74, 6) is 1.49. The van der Waals surface area contributed by atoms with E-state index in [1.165, 1.54) is 0 Å². The Morgan fingerprint density at radius 2 is 2.24 bits per heavy atom. The highest BCUT2D eigenvalue weighted by atomic mass is 16.3. The molecule has 0 radical (unpaired) electrons. The highest BCUT2D eigenvalue weighted by Gasteiger charge is 2.31. The van der Waals surface area contributed by atoms with E-state index in [4.69, 9.17) is 0 Å². The van der Waals surface area contributed by atoms with Gasteiger partial charge in [-0.25, -0.2) is 4.98 Å². The zero-order valence-electron chi connectivity index (χ0n) is 9.52. The van der Waals surface area contributed by atoms with E-state index < -0.39 is 6.10 Å². The van der Waals surface area contributed by atoms with Crippen LogP contribution in [0, 0.1) is 5.92 Å². The molecule has 17 heavy (non-hydrogen) atoms. The normalized spacial score (nSPS) is 21.2. The molecule has 2 saturated carbocycles. The van der Waals surface area contributed by atoms with Gasteiger partial charge in [-0.15, -0.1) is 5.10 Å². The van der Waals surface area contributed by atoms with Gasteiger partial charge in [0.25, 0.3) is 5.91 Å². The van der Waals surface area contributed by atoms with Crippen LogP contribution in [0.3, 0.4) is 0 Å². The number of nitrogens with one attached hydrogen (secondary N) is 2. The second kappa shape index (κ2) is 4.10. The van der Waals surface area contributed by atoms with E-state index in [2.05, 4.69) is 20.5 Å². The van der Waals surface area contributed by atoms with Crippen LogP contribution in [-0.4, -0.2) is 38.8 Å². The van der Waals surface area contributed by atoms with E-state index >= 15 is 0 Å². The summed E-state index contributed by atoms with van der Waals surface area (Å²) >= 11 is 0. The van der Waals surface area contributed by atoms with Crippen molar-refractivity contribution in [3.63, 3.8) is 0 Å². The van der Waals surface area contributed by atoms with Crippen molar-refractivity contribution >= 4 is 5.91 Å². The molecule has 1 atom stereocenters. The van der Waals surface area contributed by atoms with Crippen molar-refractivity contribution in [2.24, 2.45) is 5.92 Å². The van der Waals surface area contributed by atoms with Crippen molar-refractivity contribution < 1.29 is 9.90 Å². The van der Waals surface area contributed by atoms with E-state index in [1.807, 2.05) is 0 Å². The number of aromatic nitrogens is 3. The van der Waals surface area contributed by atoms with Gasteiger partial charge in [0.15, 0.2) is 0 Å². The number of rotatable bonds is 5. The van der Waals surface area contributed by atoms with Crippen molar-refractivity contribution in [3.8, 4) is 0 Å². The van der Waals surface area contributed by atoms with Crippen LogP contribution < -0.4 is 5.32 Å². The Morgan fingerprint density at radius 3 is 2.88 bits per heavy atom. The topological polar surface area (TPSA) is 90.9 Å². The first-order valence-corrected chi connectivity index (χ1v) is 6.12. The van der Waals surface area contributed by atoms with Crippen LogP contribution in [0.25, 0.3) is 0 Å². The van der Waals surface area contributed by atoms with Gasteiger partial charge in [-0.1, -0.05) is 0 Å². The summed E-state index contributed by atoms with van der Waals surface area (Å²) in [5, 5.41) is 19.0. The number of hydrogen-bond donors (Lipinski definition) is 3. The quantitative estimate of drug-likeness (QED) is 0.680. The first-order valence-electron chi connectivity index (χ1n) is 6.12. The fraction of sp³-hybridized carbons (Fsp3) is 0.727. The molecule has 1 heterocycles. The zero-order valence-corrected chi connectivity index (χ0v) is 9.52. The van der Waals surface area contributed by atoms with Crippen molar-refractivity contribution in [1.29, 1.82) is 0 Å². The summed E-state index contributed by atoms with van der Waals surface area (Å²) in [5.41, 5.74) is 0. The maximum atomic E-state index is 11.7. The molecule has 2 aliphatic carbocycles. The molecule has 1 aromatic heterocycles. The number of carbonyl (C=O) groups is 1. The van der Waals surface area contributed by atoms with Gasteiger partial charge in [-0.2, -0.15) is 0 Å². The third-order valence-corrected chi connectivity index (χ3v) is 3.31. The Labute approximate surface area is 98.8 Å². The highest BCUT2D eigenvalue weighted by molar-refractivity contribution is 5.90. The van der Waals surface area contributed by atoms with Gasteiger partial charge in [0, 0.05) is 12.5 Å². The highest BCUT2D eigenvalue weighted by Crippen LogP contribution is 2.37. The fourth-order valence-electron chi connectivity index (χ4n) is 1.84. The van der Waals surface area contributed by atoms with Gasteiger partial charge in [-0.05, 0) is 31.6 Å². The molecule has 1 aromatic rings. The molecule has 6 nitrogen and oxygen atoms in total. The molecule has 1 unspecified atom stereocenters. The predicted molar refractivity (Wildman–Crippen MR) is 59.4 cm³/mol. The van der Waals surface area contributed by atoms with Crippen LogP contribution in [0.15, 0.2) is 0 Å². The lowest BCUT2D eigenvalue weighted by atomic mass is 10.2. The number of amides is 1. The Bertz CT molecular complexity index is 423. The summed E-state index contributed by atoms with van der Waals surface area (Å²) in [6.07, 6.45) is 3.93. The van der Waals surface area contributed by atoms with Gasteiger partial charge >= 0.3 is 0 Å². The minimum atomic E-state index is -0.430. The second-order valence-corrected chi connectivity index (χ2v) is 4.93. The summed E-state index contributed by atoms with van der Waals surface area (Å²) in [6.45, 7) is 0.288. The molecular weight excluding hydrogens is 220 g/mol. The molecule has 3 rings (SSSR count). The van der Waals surface area contributed by atoms with Crippen LogP contribution in [0.2, 0.25) is 0 Å². The number of carbonyl (C=O) groups excluding carboxylic acids is 1. The van der Waals surface area contributed by atoms with E-state index in [9.17, 15) is 9.90 Å². The van der Waals surface area contributed by atoms with E-state index in [-0.39, 0.29) is 18.3 Å². The smallest absolute Gasteiger partial charge is 0.291 e. The van der Waals surface area contributed by atoms with Crippen LogP contribution >= 0.6 is 0 Å². The van der Waals surface area contributed by atoms with E-state index in [0.29, 0.717) is 11.8 Å². The van der Waals surface area contributed by atoms with Crippen LogP contribution in [-0.2, 0) is 0 Å². The average Bonchev–Trinajstić information content (AvgIpc) is 3.23. The fourth-order valence-corrected chi connectivity index (χ4v) is 1.84. The summed E-state index contributed by atoms with van der Waals surface area (Å²) in [4.78, 5) is 15.8. The molecule has 0 bridgehead atoms. The lowest BCUT2D eigenvalue weighted by Gasteiger charge is -2.08. The monoisotopic (exact) mass is 236 g/mol. The number of aromatic amines is 1. The van der Waals surface area contributed by atoms with Gasteiger partial charge in [0.05, 0.1) is 6.10 Å². The summed E-state index contributed by atoms with van der Waals surface area (Å²) in [6, 6.07) is 0.